The summed E-state index contributed by atoms with van der Waals surface area (Å²) in [6.07, 6.45) is 3.49. The number of nitrogen functional groups attached to an aromatic ring is 1. The molecule has 184 valence electrons. The minimum absolute atomic E-state index is 0.00948. The number of nitrogens with zero attached hydrogens (tertiary/aromatic N) is 5. The summed E-state index contributed by atoms with van der Waals surface area (Å²) in [7, 11) is 1.27. The van der Waals surface area contributed by atoms with Crippen molar-refractivity contribution in [3.8, 4) is 0 Å². The van der Waals surface area contributed by atoms with Gasteiger partial charge >= 0.3 is 5.97 Å². The summed E-state index contributed by atoms with van der Waals surface area (Å²) in [6, 6.07) is 2.92. The predicted molar refractivity (Wildman–Crippen MR) is 134 cm³/mol. The number of oxime groups is 1. The van der Waals surface area contributed by atoms with Gasteiger partial charge in [0.05, 0.1) is 0 Å². The lowest BCUT2D eigenvalue weighted by molar-refractivity contribution is -0.151. The van der Waals surface area contributed by atoms with Crippen molar-refractivity contribution in [2.24, 2.45) is 5.16 Å². The van der Waals surface area contributed by atoms with Crippen LogP contribution in [0.1, 0.15) is 17.1 Å². The maximum atomic E-state index is 12.8. The van der Waals surface area contributed by atoms with E-state index in [9.17, 15) is 19.5 Å². The molecular formula is C20H21N7O5S3. The molecule has 12 nitrogen and oxygen atoms in total. The average molecular weight is 536 g/mol. The summed E-state index contributed by atoms with van der Waals surface area (Å²) in [4.78, 5) is 52.1. The van der Waals surface area contributed by atoms with Gasteiger partial charge in [-0.25, -0.2) is 0 Å². The topological polar surface area (TPSA) is 173 Å². The molecule has 0 aliphatic carbocycles. The molecule has 3 atom stereocenters. The number of hydrogen-bond acceptors (Lipinski definition) is 12. The molecule has 2 amide bonds. The first kappa shape index (κ1) is 24.9. The number of thioether (sulfide) groups is 2. The fourth-order valence-corrected chi connectivity index (χ4v) is 6.54. The van der Waals surface area contributed by atoms with Crippen molar-refractivity contribution < 1.29 is 24.3 Å². The van der Waals surface area contributed by atoms with Crippen molar-refractivity contribution >= 4 is 69.8 Å². The van der Waals surface area contributed by atoms with Crippen LogP contribution in [0.4, 0.5) is 5.13 Å². The fraction of sp³-hybridized carbons (Fsp3) is 0.350. The number of β-lactam (4-membered cyclic amide) rings is 1. The first-order valence-corrected chi connectivity index (χ1v) is 12.9. The summed E-state index contributed by atoms with van der Waals surface area (Å²) in [5.74, 6) is -1.85. The molecule has 2 fully saturated rings. The normalized spacial score (nSPS) is 24.1. The number of nitrogens with one attached hydrogen (secondary N) is 1. The van der Waals surface area contributed by atoms with E-state index in [2.05, 4.69) is 24.8 Å². The number of fused-ring (bicyclic) bond motifs is 1. The molecule has 15 heteroatoms. The quantitative estimate of drug-likeness (QED) is 0.248. The summed E-state index contributed by atoms with van der Waals surface area (Å²) in [5, 5.41) is 17.7. The van der Waals surface area contributed by atoms with Crippen LogP contribution in [0.15, 0.2) is 28.9 Å². The van der Waals surface area contributed by atoms with Crippen LogP contribution in [0.2, 0.25) is 0 Å². The van der Waals surface area contributed by atoms with Gasteiger partial charge < -0.3 is 25.9 Å². The Bertz CT molecular complexity index is 1200. The summed E-state index contributed by atoms with van der Waals surface area (Å²) in [5.41, 5.74) is 7.10. The number of pyridine rings is 1. The molecule has 0 spiro atoms. The van der Waals surface area contributed by atoms with E-state index in [0.717, 1.165) is 34.6 Å². The Balaban J connectivity index is 1.42. The molecule has 0 saturated carbocycles. The molecule has 2 saturated heterocycles. The van der Waals surface area contributed by atoms with E-state index in [-0.39, 0.29) is 34.9 Å². The van der Waals surface area contributed by atoms with Crippen LogP contribution in [0.25, 0.3) is 6.08 Å². The van der Waals surface area contributed by atoms with Crippen molar-refractivity contribution in [3.63, 3.8) is 0 Å². The van der Waals surface area contributed by atoms with Crippen molar-refractivity contribution in [2.75, 3.05) is 25.1 Å². The van der Waals surface area contributed by atoms with Gasteiger partial charge in [-0.2, -0.15) is 9.36 Å². The lowest BCUT2D eigenvalue weighted by Crippen LogP contribution is -2.74. The number of aromatic nitrogens is 3. The summed E-state index contributed by atoms with van der Waals surface area (Å²) in [6.45, 7) is 1.89. The molecule has 2 aromatic heterocycles. The summed E-state index contributed by atoms with van der Waals surface area (Å²) < 4.78 is 2.74. The molecule has 0 aromatic carbocycles. The lowest BCUT2D eigenvalue weighted by Gasteiger charge is -2.53. The van der Waals surface area contributed by atoms with Crippen LogP contribution in [-0.2, 0) is 19.2 Å². The molecule has 0 radical (unpaired) electrons. The number of rotatable bonds is 8. The number of carboxylic acid groups (broad SMARTS) is 1. The zero-order valence-corrected chi connectivity index (χ0v) is 21.0. The van der Waals surface area contributed by atoms with Crippen LogP contribution in [0.5, 0.6) is 0 Å². The number of carbonyl (C=O) groups is 3. The van der Waals surface area contributed by atoms with Gasteiger partial charge in [0.15, 0.2) is 5.13 Å². The van der Waals surface area contributed by atoms with Crippen molar-refractivity contribution in [3.05, 3.63) is 40.8 Å². The maximum absolute atomic E-state index is 12.8. The van der Waals surface area contributed by atoms with E-state index < -0.39 is 28.0 Å². The Morgan fingerprint density at radius 1 is 1.46 bits per heavy atom. The highest BCUT2D eigenvalue weighted by atomic mass is 32.2. The predicted octanol–water partition coefficient (Wildman–Crippen LogP) is 0.802. The van der Waals surface area contributed by atoms with Crippen molar-refractivity contribution in [1.29, 1.82) is 0 Å². The zero-order chi connectivity index (χ0) is 25.2. The molecule has 4 N–H and O–H groups in total. The number of carboxylic acids is 1. The monoisotopic (exact) mass is 535 g/mol. The molecule has 2 aliphatic rings. The SMILES string of the molecule is CON=C(C(=O)NC1C(=O)N2CC(SC=Cc3ccc(C)nc3)(C(=O)O)CS[C@H]12)c1nsc(N)n1. The number of carbonyl (C=O) groups excluding carboxylic acids is 2. The van der Waals surface area contributed by atoms with Gasteiger partial charge in [-0.1, -0.05) is 11.2 Å². The van der Waals surface area contributed by atoms with Gasteiger partial charge in [0.2, 0.25) is 17.4 Å². The standard InChI is InChI=1S/C20H21N7O5S3/c1-10-3-4-11(7-22-10)5-6-34-20(18(30)31)8-27-16(29)13(17(27)33-9-20)23-15(28)12(25-32-2)14-24-19(21)35-26-14/h3-7,13,17H,8-9H2,1-2H3,(H,23,28)(H,30,31)(H2,21,24,26)/t13?,17-,20?/m1/s1. The number of nitrogens with two attached hydrogens (primary N) is 1. The molecule has 4 rings (SSSR count). The minimum atomic E-state index is -1.22. The van der Waals surface area contributed by atoms with E-state index in [0.29, 0.717) is 0 Å². The molecule has 2 aromatic rings. The van der Waals surface area contributed by atoms with Crippen molar-refractivity contribution in [2.45, 2.75) is 23.1 Å². The minimum Gasteiger partial charge on any atom is -0.480 e. The maximum Gasteiger partial charge on any atom is 0.322 e. The molecule has 35 heavy (non-hydrogen) atoms. The first-order chi connectivity index (χ1) is 16.7. The molecule has 0 bridgehead atoms. The average Bonchev–Trinajstić information content (AvgIpc) is 3.27. The van der Waals surface area contributed by atoms with Crippen LogP contribution < -0.4 is 11.1 Å². The van der Waals surface area contributed by atoms with Gasteiger partial charge in [-0.3, -0.25) is 19.4 Å². The Hall–Kier alpha value is -3.17. The summed E-state index contributed by atoms with van der Waals surface area (Å²) >= 11 is 3.34. The molecular weight excluding hydrogens is 514 g/mol. The molecule has 4 heterocycles. The second-order valence-electron chi connectivity index (χ2n) is 7.65. The van der Waals surface area contributed by atoms with Gasteiger partial charge in [0.1, 0.15) is 23.3 Å². The van der Waals surface area contributed by atoms with E-state index >= 15 is 0 Å². The highest BCUT2D eigenvalue weighted by Crippen LogP contribution is 2.44. The first-order valence-electron chi connectivity index (χ1n) is 10.2. The smallest absolute Gasteiger partial charge is 0.322 e. The largest absolute Gasteiger partial charge is 0.480 e. The van der Waals surface area contributed by atoms with Gasteiger partial charge in [-0.15, -0.1) is 23.5 Å². The Kier molecular flexibility index (Phi) is 7.28. The van der Waals surface area contributed by atoms with E-state index in [1.807, 2.05) is 19.1 Å². The van der Waals surface area contributed by atoms with Gasteiger partial charge in [-0.05, 0) is 30.0 Å². The Morgan fingerprint density at radius 2 is 2.26 bits per heavy atom. The Labute approximate surface area is 212 Å². The van der Waals surface area contributed by atoms with Crippen LogP contribution in [-0.4, -0.2) is 83.4 Å². The van der Waals surface area contributed by atoms with E-state index in [1.165, 1.54) is 23.8 Å². The third-order valence-corrected chi connectivity index (χ3v) is 8.69. The van der Waals surface area contributed by atoms with Gasteiger partial charge in [0, 0.05) is 35.7 Å². The number of hydrogen-bond donors (Lipinski definition) is 3. The third kappa shape index (κ3) is 5.11. The number of anilines is 1. The zero-order valence-electron chi connectivity index (χ0n) is 18.6. The second-order valence-corrected chi connectivity index (χ2v) is 10.8. The highest BCUT2D eigenvalue weighted by Gasteiger charge is 2.57. The van der Waals surface area contributed by atoms with Gasteiger partial charge in [0.25, 0.3) is 5.91 Å². The fourth-order valence-electron chi connectivity index (χ4n) is 3.44. The highest BCUT2D eigenvalue weighted by molar-refractivity contribution is 8.06. The van der Waals surface area contributed by atoms with Crippen LogP contribution in [0.3, 0.4) is 0 Å². The van der Waals surface area contributed by atoms with Crippen LogP contribution >= 0.6 is 35.1 Å². The number of aliphatic carboxylic acids is 1. The molecule has 2 aliphatic heterocycles. The van der Waals surface area contributed by atoms with E-state index in [4.69, 9.17) is 10.6 Å². The third-order valence-electron chi connectivity index (χ3n) is 5.27. The van der Waals surface area contributed by atoms with E-state index in [1.54, 1.807) is 17.7 Å². The second kappa shape index (κ2) is 10.2. The molecule has 2 unspecified atom stereocenters. The lowest BCUT2D eigenvalue weighted by atomic mass is 10.0. The number of aryl methyl sites for hydroxylation is 1. The van der Waals surface area contributed by atoms with Crippen molar-refractivity contribution in [1.82, 2.24) is 24.6 Å². The van der Waals surface area contributed by atoms with Crippen LogP contribution in [0, 0.1) is 6.92 Å². The number of amides is 2. The Morgan fingerprint density at radius 3 is 2.89 bits per heavy atom.